The van der Waals surface area contributed by atoms with Crippen molar-refractivity contribution >= 4 is 0 Å². The molecule has 1 aromatic heterocycles. The van der Waals surface area contributed by atoms with Gasteiger partial charge in [-0.15, -0.1) is 0 Å². The van der Waals surface area contributed by atoms with Gasteiger partial charge < -0.3 is 15.2 Å². The van der Waals surface area contributed by atoms with Gasteiger partial charge in [-0.2, -0.15) is 4.98 Å². The van der Waals surface area contributed by atoms with Gasteiger partial charge in [0.15, 0.2) is 0 Å². The van der Waals surface area contributed by atoms with Crippen LogP contribution in [0.5, 0.6) is 11.8 Å². The van der Waals surface area contributed by atoms with Crippen LogP contribution in [0, 0.1) is 0 Å². The Balaban J connectivity index is 1.99. The summed E-state index contributed by atoms with van der Waals surface area (Å²) in [5.74, 6) is -0.00928. The van der Waals surface area contributed by atoms with Crippen molar-refractivity contribution in [3.05, 3.63) is 41.7 Å². The molecule has 0 aliphatic rings. The molecule has 78 valence electrons. The minimum atomic E-state index is -0.335. The van der Waals surface area contributed by atoms with Crippen LogP contribution in [0.4, 0.5) is 0 Å². The van der Waals surface area contributed by atoms with Crippen LogP contribution in [0.15, 0.2) is 30.3 Å². The molecule has 1 heterocycles. The van der Waals surface area contributed by atoms with E-state index in [-0.39, 0.29) is 11.8 Å². The molecule has 15 heavy (non-hydrogen) atoms. The summed E-state index contributed by atoms with van der Waals surface area (Å²) in [5.41, 5.74) is 1.20. The molecule has 0 saturated heterocycles. The summed E-state index contributed by atoms with van der Waals surface area (Å²) in [6.45, 7) is 0. The van der Waals surface area contributed by atoms with Crippen LogP contribution >= 0.6 is 0 Å². The number of hydrogen-bond acceptors (Lipinski definition) is 3. The normalized spacial score (nSPS) is 10.4. The fraction of sp³-hybridized carbons (Fsp3) is 0.182. The van der Waals surface area contributed by atoms with E-state index in [1.165, 1.54) is 5.56 Å². The number of benzene rings is 1. The molecule has 0 amide bonds. The van der Waals surface area contributed by atoms with Crippen LogP contribution in [-0.2, 0) is 12.8 Å². The Morgan fingerprint density at radius 3 is 2.40 bits per heavy atom. The summed E-state index contributed by atoms with van der Waals surface area (Å²) in [5, 5.41) is 18.1. The van der Waals surface area contributed by atoms with Crippen LogP contribution in [0.2, 0.25) is 0 Å². The molecule has 0 spiro atoms. The maximum Gasteiger partial charge on any atom is 0.275 e. The molecule has 4 heteroatoms. The smallest absolute Gasteiger partial charge is 0.275 e. The number of nitrogens with zero attached hydrogens (tertiary/aromatic N) is 1. The summed E-state index contributed by atoms with van der Waals surface area (Å²) in [6.07, 6.45) is 1.49. The van der Waals surface area contributed by atoms with E-state index in [2.05, 4.69) is 9.97 Å². The summed E-state index contributed by atoms with van der Waals surface area (Å²) in [7, 11) is 0. The molecular formula is C11H12N2O2. The summed E-state index contributed by atoms with van der Waals surface area (Å²) in [4.78, 5) is 6.38. The van der Waals surface area contributed by atoms with E-state index in [4.69, 9.17) is 10.2 Å². The fourth-order valence-electron chi connectivity index (χ4n) is 1.43. The van der Waals surface area contributed by atoms with Gasteiger partial charge in [-0.1, -0.05) is 30.3 Å². The monoisotopic (exact) mass is 204 g/mol. The molecule has 0 unspecified atom stereocenters. The van der Waals surface area contributed by atoms with Gasteiger partial charge in [-0.3, -0.25) is 0 Å². The first-order chi connectivity index (χ1) is 7.25. The molecule has 0 fully saturated rings. The van der Waals surface area contributed by atoms with E-state index >= 15 is 0 Å². The molecule has 2 aromatic rings. The second kappa shape index (κ2) is 4.04. The predicted molar refractivity (Wildman–Crippen MR) is 55.8 cm³/mol. The third-order valence-corrected chi connectivity index (χ3v) is 2.21. The quantitative estimate of drug-likeness (QED) is 0.711. The zero-order chi connectivity index (χ0) is 10.7. The molecule has 0 radical (unpaired) electrons. The SMILES string of the molecule is Oc1nc(CCc2ccccc2)[nH]c1O. The van der Waals surface area contributed by atoms with Gasteiger partial charge in [0.2, 0.25) is 0 Å². The lowest BCUT2D eigenvalue weighted by atomic mass is 10.1. The van der Waals surface area contributed by atoms with E-state index in [1.54, 1.807) is 0 Å². The minimum absolute atomic E-state index is 0.266. The summed E-state index contributed by atoms with van der Waals surface area (Å²) < 4.78 is 0. The van der Waals surface area contributed by atoms with Gasteiger partial charge in [-0.05, 0) is 12.0 Å². The molecule has 1 aromatic carbocycles. The zero-order valence-electron chi connectivity index (χ0n) is 8.14. The van der Waals surface area contributed by atoms with Crippen LogP contribution in [0.1, 0.15) is 11.4 Å². The lowest BCUT2D eigenvalue weighted by Gasteiger charge is -1.97. The molecule has 4 nitrogen and oxygen atoms in total. The van der Waals surface area contributed by atoms with Gasteiger partial charge in [0.1, 0.15) is 5.82 Å². The van der Waals surface area contributed by atoms with Crippen molar-refractivity contribution in [2.75, 3.05) is 0 Å². The summed E-state index contributed by atoms with van der Waals surface area (Å²) in [6, 6.07) is 9.98. The second-order valence-corrected chi connectivity index (χ2v) is 3.34. The van der Waals surface area contributed by atoms with E-state index in [0.717, 1.165) is 6.42 Å². The number of rotatable bonds is 3. The van der Waals surface area contributed by atoms with Crippen molar-refractivity contribution in [3.8, 4) is 11.8 Å². The van der Waals surface area contributed by atoms with Crippen LogP contribution < -0.4 is 0 Å². The van der Waals surface area contributed by atoms with E-state index in [0.29, 0.717) is 12.2 Å². The lowest BCUT2D eigenvalue weighted by Crippen LogP contribution is -1.92. The number of aryl methyl sites for hydroxylation is 2. The van der Waals surface area contributed by atoms with Gasteiger partial charge >= 0.3 is 0 Å². The molecule has 0 saturated carbocycles. The topological polar surface area (TPSA) is 69.1 Å². The largest absolute Gasteiger partial charge is 0.491 e. The second-order valence-electron chi connectivity index (χ2n) is 3.34. The molecule has 0 aliphatic carbocycles. The highest BCUT2D eigenvalue weighted by Crippen LogP contribution is 2.20. The van der Waals surface area contributed by atoms with Crippen LogP contribution in [0.25, 0.3) is 0 Å². The zero-order valence-corrected chi connectivity index (χ0v) is 8.14. The third-order valence-electron chi connectivity index (χ3n) is 2.21. The number of aromatic amines is 1. The van der Waals surface area contributed by atoms with Crippen molar-refractivity contribution in [1.82, 2.24) is 9.97 Å². The Morgan fingerprint density at radius 2 is 1.80 bits per heavy atom. The highest BCUT2D eigenvalue weighted by atomic mass is 16.3. The van der Waals surface area contributed by atoms with Gasteiger partial charge in [0.05, 0.1) is 0 Å². The maximum absolute atomic E-state index is 9.07. The first-order valence-electron chi connectivity index (χ1n) is 4.76. The number of H-pyrrole nitrogens is 1. The highest BCUT2D eigenvalue weighted by Gasteiger charge is 2.06. The maximum atomic E-state index is 9.07. The Bertz CT molecular complexity index is 418. The highest BCUT2D eigenvalue weighted by molar-refractivity contribution is 5.24. The first kappa shape index (κ1) is 9.58. The Hall–Kier alpha value is -1.97. The van der Waals surface area contributed by atoms with Crippen LogP contribution in [-0.4, -0.2) is 20.2 Å². The minimum Gasteiger partial charge on any atom is -0.491 e. The van der Waals surface area contributed by atoms with Crippen molar-refractivity contribution in [2.24, 2.45) is 0 Å². The number of aromatic nitrogens is 2. The van der Waals surface area contributed by atoms with Crippen molar-refractivity contribution in [1.29, 1.82) is 0 Å². The number of aromatic hydroxyl groups is 2. The first-order valence-corrected chi connectivity index (χ1v) is 4.76. The van der Waals surface area contributed by atoms with Gasteiger partial charge in [0, 0.05) is 6.42 Å². The standard InChI is InChI=1S/C11H12N2O2/c14-10-11(15)13-9(12-10)7-6-8-4-2-1-3-5-8/h1-5,14-15H,6-7H2,(H,12,13). The molecule has 0 bridgehead atoms. The molecule has 0 aliphatic heterocycles. The average molecular weight is 204 g/mol. The summed E-state index contributed by atoms with van der Waals surface area (Å²) >= 11 is 0. The van der Waals surface area contributed by atoms with Crippen LogP contribution in [0.3, 0.4) is 0 Å². The molecule has 0 atom stereocenters. The van der Waals surface area contributed by atoms with E-state index < -0.39 is 0 Å². The van der Waals surface area contributed by atoms with Crippen molar-refractivity contribution in [3.63, 3.8) is 0 Å². The van der Waals surface area contributed by atoms with Gasteiger partial charge in [-0.25, -0.2) is 0 Å². The molecular weight excluding hydrogens is 192 g/mol. The van der Waals surface area contributed by atoms with Crippen molar-refractivity contribution in [2.45, 2.75) is 12.8 Å². The molecule has 3 N–H and O–H groups in total. The van der Waals surface area contributed by atoms with Crippen molar-refractivity contribution < 1.29 is 10.2 Å². The van der Waals surface area contributed by atoms with E-state index in [1.807, 2.05) is 30.3 Å². The Kier molecular flexibility index (Phi) is 2.58. The lowest BCUT2D eigenvalue weighted by molar-refractivity contribution is 0.386. The fourth-order valence-corrected chi connectivity index (χ4v) is 1.43. The average Bonchev–Trinajstić information content (AvgIpc) is 2.57. The molecule has 2 rings (SSSR count). The Labute approximate surface area is 87.2 Å². The third kappa shape index (κ3) is 2.28. The predicted octanol–water partition coefficient (Wildman–Crippen LogP) is 1.61. The van der Waals surface area contributed by atoms with E-state index in [9.17, 15) is 0 Å². The van der Waals surface area contributed by atoms with Gasteiger partial charge in [0.25, 0.3) is 11.8 Å². The number of hydrogen-bond donors (Lipinski definition) is 3. The Morgan fingerprint density at radius 1 is 1.07 bits per heavy atom. The number of imidazole rings is 1. The number of nitrogens with one attached hydrogen (secondary N) is 1.